The van der Waals surface area contributed by atoms with Crippen LogP contribution in [-0.2, 0) is 35.1 Å². The van der Waals surface area contributed by atoms with E-state index in [0.717, 1.165) is 23.4 Å². The maximum absolute atomic E-state index is 14.3. The van der Waals surface area contributed by atoms with Gasteiger partial charge < -0.3 is 23.7 Å². The van der Waals surface area contributed by atoms with E-state index < -0.39 is 59.1 Å². The molecule has 0 aliphatic carbocycles. The summed E-state index contributed by atoms with van der Waals surface area (Å²) in [5.41, 5.74) is 0.652. The number of hydrogen-bond donors (Lipinski definition) is 0. The Labute approximate surface area is 291 Å². The molecule has 2 saturated heterocycles. The molecule has 1 amide bonds. The van der Waals surface area contributed by atoms with E-state index in [0.29, 0.717) is 38.8 Å². The third-order valence-electron chi connectivity index (χ3n) is 11.5. The molecule has 49 heavy (non-hydrogen) atoms. The second-order valence-electron chi connectivity index (χ2n) is 14.6. The summed E-state index contributed by atoms with van der Waals surface area (Å²) in [6.07, 6.45) is 6.69. The molecule has 11 heteroatoms. The van der Waals surface area contributed by atoms with Crippen LogP contribution in [0.1, 0.15) is 93.2 Å². The van der Waals surface area contributed by atoms with Gasteiger partial charge in [-0.1, -0.05) is 41.5 Å². The van der Waals surface area contributed by atoms with Crippen LogP contribution >= 0.6 is 0 Å². The lowest BCUT2D eigenvalue weighted by molar-refractivity contribution is -0.174. The number of hydrogen-bond acceptors (Lipinski definition) is 9. The number of ether oxygens (including phenoxy) is 3. The molecule has 2 aromatic rings. The van der Waals surface area contributed by atoms with Crippen molar-refractivity contribution in [1.29, 1.82) is 0 Å². The third kappa shape index (κ3) is 7.61. The minimum atomic E-state index is -1.27. The standard InChI is InChI=1S/C38H56N4O7/c1-11-31-38(12-2)34(26(6)32(43)23(3)19-37(9,47-10)28(8)25(5)33(44)27(7)35(45)48-31)42(36(46)49-38)18-14-13-17-41-21-30(40-22-41)29-16-15-24(4)39-20-29/h15-16,20-23,25-28,31,34H,11-14,17-19H2,1-10H3/t23?,25?,26-,27?,28+,31?,34+,37-,38+/m0/s1. The number of nitrogens with zero attached hydrogens (tertiary/aromatic N) is 4. The van der Waals surface area contributed by atoms with E-state index >= 15 is 0 Å². The molecule has 4 rings (SSSR count). The molecule has 0 saturated carbocycles. The molecule has 4 heterocycles. The Balaban J connectivity index is 1.62. The Hall–Kier alpha value is -3.60. The first-order chi connectivity index (χ1) is 23.1. The van der Waals surface area contributed by atoms with Gasteiger partial charge in [-0.05, 0) is 70.9 Å². The monoisotopic (exact) mass is 680 g/mol. The maximum atomic E-state index is 14.3. The van der Waals surface area contributed by atoms with E-state index in [4.69, 9.17) is 14.2 Å². The summed E-state index contributed by atoms with van der Waals surface area (Å²) < 4.78 is 20.4. The Morgan fingerprint density at radius 3 is 2.27 bits per heavy atom. The maximum Gasteiger partial charge on any atom is 0.410 e. The summed E-state index contributed by atoms with van der Waals surface area (Å²) >= 11 is 0. The number of rotatable bonds is 9. The van der Waals surface area contributed by atoms with E-state index in [9.17, 15) is 19.2 Å². The lowest BCUT2D eigenvalue weighted by Gasteiger charge is -2.44. The zero-order valence-corrected chi connectivity index (χ0v) is 31.0. The van der Waals surface area contributed by atoms with Gasteiger partial charge in [-0.2, -0.15) is 0 Å². The first-order valence-corrected chi connectivity index (χ1v) is 17.9. The van der Waals surface area contributed by atoms with E-state index in [1.807, 2.05) is 77.6 Å². The van der Waals surface area contributed by atoms with Crippen LogP contribution in [0.5, 0.6) is 0 Å². The predicted octanol–water partition coefficient (Wildman–Crippen LogP) is 6.45. The van der Waals surface area contributed by atoms with Crippen LogP contribution in [0.15, 0.2) is 30.9 Å². The minimum absolute atomic E-state index is 0.0243. The van der Waals surface area contributed by atoms with Crippen molar-refractivity contribution in [1.82, 2.24) is 19.4 Å². The molecule has 11 nitrogen and oxygen atoms in total. The van der Waals surface area contributed by atoms with Crippen LogP contribution in [0.4, 0.5) is 4.79 Å². The molecule has 0 radical (unpaired) electrons. The number of esters is 1. The molecule has 2 aliphatic rings. The van der Waals surface area contributed by atoms with E-state index in [-0.39, 0.29) is 17.5 Å². The van der Waals surface area contributed by atoms with Gasteiger partial charge in [0, 0.05) is 61.6 Å². The number of fused-ring (bicyclic) bond motifs is 1. The number of carbonyl (C=O) groups excluding carboxylic acids is 4. The summed E-state index contributed by atoms with van der Waals surface area (Å²) in [4.78, 5) is 65.9. The number of ketones is 2. The number of pyridine rings is 1. The fourth-order valence-corrected chi connectivity index (χ4v) is 8.00. The predicted molar refractivity (Wildman–Crippen MR) is 185 cm³/mol. The SMILES string of the molecule is CCC1OC(=O)C(C)C(=O)C(C)[C@@H](C)[C@@](C)(OC)CC(C)C(=O)[C@H](C)[C@H]2N(CCCCn3cnc(-c4ccc(C)nc4)c3)C(=O)O[C@]12CC. The van der Waals surface area contributed by atoms with Gasteiger partial charge in [0.05, 0.1) is 23.7 Å². The third-order valence-corrected chi connectivity index (χ3v) is 11.5. The Kier molecular flexibility index (Phi) is 12.1. The van der Waals surface area contributed by atoms with Crippen molar-refractivity contribution in [2.75, 3.05) is 13.7 Å². The molecule has 0 aromatic carbocycles. The molecular formula is C38H56N4O7. The quantitative estimate of drug-likeness (QED) is 0.167. The summed E-state index contributed by atoms with van der Waals surface area (Å²) in [6.45, 7) is 17.8. The number of methoxy groups -OCH3 is 1. The molecule has 2 fully saturated rings. The van der Waals surface area contributed by atoms with E-state index in [2.05, 4.69) is 9.97 Å². The van der Waals surface area contributed by atoms with Gasteiger partial charge in [-0.3, -0.25) is 19.4 Å². The van der Waals surface area contributed by atoms with Gasteiger partial charge in [0.2, 0.25) is 0 Å². The second-order valence-corrected chi connectivity index (χ2v) is 14.6. The normalized spacial score (nSPS) is 33.2. The van der Waals surface area contributed by atoms with Gasteiger partial charge in [-0.15, -0.1) is 0 Å². The second kappa shape index (κ2) is 15.5. The van der Waals surface area contributed by atoms with Gasteiger partial charge in [0.25, 0.3) is 0 Å². The van der Waals surface area contributed by atoms with Crippen molar-refractivity contribution in [2.24, 2.45) is 29.6 Å². The van der Waals surface area contributed by atoms with Crippen LogP contribution in [0, 0.1) is 36.5 Å². The topological polar surface area (TPSA) is 130 Å². The van der Waals surface area contributed by atoms with Crippen molar-refractivity contribution in [3.05, 3.63) is 36.5 Å². The van der Waals surface area contributed by atoms with Crippen LogP contribution in [0.3, 0.4) is 0 Å². The highest BCUT2D eigenvalue weighted by molar-refractivity contribution is 6.00. The van der Waals surface area contributed by atoms with Crippen molar-refractivity contribution in [3.8, 4) is 11.3 Å². The molecule has 0 N–H and O–H groups in total. The fourth-order valence-electron chi connectivity index (χ4n) is 8.00. The highest BCUT2D eigenvalue weighted by Crippen LogP contribution is 2.44. The molecule has 0 bridgehead atoms. The first kappa shape index (κ1) is 38.2. The molecule has 9 atom stereocenters. The number of carbonyl (C=O) groups is 4. The first-order valence-electron chi connectivity index (χ1n) is 17.9. The number of amides is 1. The summed E-state index contributed by atoms with van der Waals surface area (Å²) in [6, 6.07) is 3.28. The summed E-state index contributed by atoms with van der Waals surface area (Å²) in [7, 11) is 1.60. The Morgan fingerprint density at radius 1 is 0.959 bits per heavy atom. The number of aromatic nitrogens is 3. The fraction of sp³-hybridized carbons (Fsp3) is 0.684. The molecule has 4 unspecified atom stereocenters. The van der Waals surface area contributed by atoms with Gasteiger partial charge in [0.15, 0.2) is 5.60 Å². The lowest BCUT2D eigenvalue weighted by atomic mass is 9.70. The van der Waals surface area contributed by atoms with Gasteiger partial charge in [0.1, 0.15) is 23.6 Å². The van der Waals surface area contributed by atoms with Gasteiger partial charge >= 0.3 is 12.1 Å². The zero-order valence-electron chi connectivity index (χ0n) is 31.0. The molecule has 2 aliphatic heterocycles. The number of cyclic esters (lactones) is 1. The summed E-state index contributed by atoms with van der Waals surface area (Å²) in [5, 5.41) is 0. The number of aryl methyl sites for hydroxylation is 2. The highest BCUT2D eigenvalue weighted by Gasteiger charge is 2.61. The molecule has 2 aromatic heterocycles. The average molecular weight is 681 g/mol. The number of unbranched alkanes of at least 4 members (excludes halogenated alkanes) is 1. The largest absolute Gasteiger partial charge is 0.457 e. The van der Waals surface area contributed by atoms with Crippen LogP contribution in [0.2, 0.25) is 0 Å². The lowest BCUT2D eigenvalue weighted by Crippen LogP contribution is -2.59. The molecule has 0 spiro atoms. The summed E-state index contributed by atoms with van der Waals surface area (Å²) in [5.74, 6) is -3.78. The Bertz CT molecular complexity index is 1490. The smallest absolute Gasteiger partial charge is 0.410 e. The van der Waals surface area contributed by atoms with Gasteiger partial charge in [-0.25, -0.2) is 9.78 Å². The van der Waals surface area contributed by atoms with Crippen molar-refractivity contribution in [3.63, 3.8) is 0 Å². The van der Waals surface area contributed by atoms with E-state index in [1.165, 1.54) is 0 Å². The van der Waals surface area contributed by atoms with Crippen molar-refractivity contribution < 1.29 is 33.4 Å². The highest BCUT2D eigenvalue weighted by atomic mass is 16.6. The van der Waals surface area contributed by atoms with Crippen molar-refractivity contribution >= 4 is 23.6 Å². The van der Waals surface area contributed by atoms with Crippen molar-refractivity contribution in [2.45, 2.75) is 124 Å². The number of Topliss-reactive ketones (excluding diaryl/α,β-unsaturated/α-hetero) is 2. The minimum Gasteiger partial charge on any atom is -0.457 e. The van der Waals surface area contributed by atoms with Crippen LogP contribution < -0.4 is 0 Å². The Morgan fingerprint density at radius 2 is 1.65 bits per heavy atom. The van der Waals surface area contributed by atoms with Crippen LogP contribution in [-0.4, -0.2) is 80.1 Å². The molecular weight excluding hydrogens is 624 g/mol. The van der Waals surface area contributed by atoms with E-state index in [1.54, 1.807) is 32.2 Å². The molecule has 270 valence electrons. The average Bonchev–Trinajstić information content (AvgIpc) is 3.68. The zero-order chi connectivity index (χ0) is 36.3. The van der Waals surface area contributed by atoms with Crippen LogP contribution in [0.25, 0.3) is 11.3 Å². The number of imidazole rings is 1.